The van der Waals surface area contributed by atoms with Crippen LogP contribution in [0.3, 0.4) is 0 Å². The lowest BCUT2D eigenvalue weighted by atomic mass is 9.84. The largest absolute Gasteiger partial charge is 0.381 e. The summed E-state index contributed by atoms with van der Waals surface area (Å²) in [6.45, 7) is 6.31. The van der Waals surface area contributed by atoms with Crippen molar-refractivity contribution in [1.82, 2.24) is 15.2 Å². The summed E-state index contributed by atoms with van der Waals surface area (Å²) in [6, 6.07) is 9.46. The molecular weight excluding hydrogens is 274 g/mol. The van der Waals surface area contributed by atoms with Crippen LogP contribution in [0.15, 0.2) is 30.5 Å². The van der Waals surface area contributed by atoms with E-state index in [2.05, 4.69) is 45.7 Å². The molecule has 22 heavy (non-hydrogen) atoms. The summed E-state index contributed by atoms with van der Waals surface area (Å²) in [4.78, 5) is 6.05. The number of nitrogens with zero attached hydrogens (tertiary/aromatic N) is 1. The molecule has 118 valence electrons. The van der Waals surface area contributed by atoms with Gasteiger partial charge in [-0.25, -0.2) is 0 Å². The monoisotopic (exact) mass is 299 g/mol. The first-order valence-corrected chi connectivity index (χ1v) is 8.52. The Kier molecular flexibility index (Phi) is 4.15. The predicted octanol–water partition coefficient (Wildman–Crippen LogP) is 2.54. The highest BCUT2D eigenvalue weighted by Crippen LogP contribution is 2.38. The molecule has 2 N–H and O–H groups in total. The fourth-order valence-corrected chi connectivity index (χ4v) is 4.11. The molecule has 0 saturated carbocycles. The molecule has 0 bridgehead atoms. The normalized spacial score (nSPS) is 22.9. The molecule has 0 amide bonds. The van der Waals surface area contributed by atoms with E-state index in [-0.39, 0.29) is 0 Å². The van der Waals surface area contributed by atoms with Crippen molar-refractivity contribution in [2.24, 2.45) is 5.92 Å². The van der Waals surface area contributed by atoms with Crippen LogP contribution in [0.1, 0.15) is 24.4 Å². The van der Waals surface area contributed by atoms with Crippen molar-refractivity contribution in [2.75, 3.05) is 39.4 Å². The van der Waals surface area contributed by atoms with Crippen molar-refractivity contribution in [3.05, 3.63) is 36.0 Å². The van der Waals surface area contributed by atoms with Gasteiger partial charge in [0.05, 0.1) is 0 Å². The van der Waals surface area contributed by atoms with Crippen molar-refractivity contribution in [3.63, 3.8) is 0 Å². The Balaban J connectivity index is 1.73. The maximum atomic E-state index is 5.61. The van der Waals surface area contributed by atoms with Gasteiger partial charge in [0.2, 0.25) is 0 Å². The van der Waals surface area contributed by atoms with Crippen LogP contribution in [-0.4, -0.2) is 49.3 Å². The fourth-order valence-electron chi connectivity index (χ4n) is 4.11. The Hall–Kier alpha value is -1.36. The number of nitrogens with one attached hydrogen (secondary N) is 2. The first kappa shape index (κ1) is 14.2. The zero-order chi connectivity index (χ0) is 14.8. The second-order valence-electron chi connectivity index (χ2n) is 6.47. The van der Waals surface area contributed by atoms with Gasteiger partial charge >= 0.3 is 0 Å². The van der Waals surface area contributed by atoms with E-state index in [4.69, 9.17) is 4.74 Å². The molecule has 0 radical (unpaired) electrons. The average molecular weight is 299 g/mol. The van der Waals surface area contributed by atoms with Crippen LogP contribution in [-0.2, 0) is 4.74 Å². The van der Waals surface area contributed by atoms with Crippen LogP contribution >= 0.6 is 0 Å². The minimum atomic E-state index is 0.519. The zero-order valence-corrected chi connectivity index (χ0v) is 13.1. The number of ether oxygens (including phenoxy) is 1. The van der Waals surface area contributed by atoms with Crippen LogP contribution in [0.5, 0.6) is 0 Å². The van der Waals surface area contributed by atoms with E-state index in [0.717, 1.165) is 39.4 Å². The van der Waals surface area contributed by atoms with E-state index in [1.54, 1.807) is 0 Å². The van der Waals surface area contributed by atoms with Gasteiger partial charge in [-0.05, 0) is 36.5 Å². The van der Waals surface area contributed by atoms with Gasteiger partial charge in [-0.1, -0.05) is 12.1 Å². The molecule has 2 aromatic rings. The van der Waals surface area contributed by atoms with Gasteiger partial charge in [-0.3, -0.25) is 4.90 Å². The van der Waals surface area contributed by atoms with Crippen molar-refractivity contribution in [2.45, 2.75) is 18.9 Å². The molecule has 1 aromatic carbocycles. The minimum Gasteiger partial charge on any atom is -0.381 e. The average Bonchev–Trinajstić information content (AvgIpc) is 3.07. The second-order valence-corrected chi connectivity index (χ2v) is 6.47. The first-order chi connectivity index (χ1) is 10.9. The summed E-state index contributed by atoms with van der Waals surface area (Å²) in [6.07, 6.45) is 4.41. The van der Waals surface area contributed by atoms with Gasteiger partial charge < -0.3 is 15.0 Å². The summed E-state index contributed by atoms with van der Waals surface area (Å²) in [7, 11) is 0. The number of H-pyrrole nitrogens is 1. The van der Waals surface area contributed by atoms with E-state index < -0.39 is 0 Å². The molecule has 4 rings (SSSR count). The topological polar surface area (TPSA) is 40.3 Å². The molecule has 0 unspecified atom stereocenters. The van der Waals surface area contributed by atoms with Crippen LogP contribution in [0.2, 0.25) is 0 Å². The number of benzene rings is 1. The number of rotatable bonds is 3. The third-order valence-electron chi connectivity index (χ3n) is 5.20. The van der Waals surface area contributed by atoms with Crippen molar-refractivity contribution in [1.29, 1.82) is 0 Å². The lowest BCUT2D eigenvalue weighted by Gasteiger charge is -2.41. The Morgan fingerprint density at radius 1 is 1.09 bits per heavy atom. The van der Waals surface area contributed by atoms with Crippen LogP contribution in [0.4, 0.5) is 0 Å². The standard InChI is InChI=1S/C18H25N3O/c1-2-16(15-4-7-20-17(15)3-1)18(14-5-12-22-13-6-14)21-10-8-19-9-11-21/h1-4,7,14,18-20H,5-6,8-13H2/t18-/m1/s1. The van der Waals surface area contributed by atoms with Crippen molar-refractivity contribution in [3.8, 4) is 0 Å². The molecule has 0 spiro atoms. The molecule has 2 fully saturated rings. The SMILES string of the molecule is c1cc([C@@H](C2CCOCC2)N2CCNCC2)c2cc[nH]c2c1. The second kappa shape index (κ2) is 6.41. The molecule has 4 heteroatoms. The number of piperazine rings is 1. The van der Waals surface area contributed by atoms with Crippen LogP contribution in [0, 0.1) is 5.92 Å². The van der Waals surface area contributed by atoms with Crippen LogP contribution < -0.4 is 5.32 Å². The first-order valence-electron chi connectivity index (χ1n) is 8.52. The molecule has 1 aromatic heterocycles. The zero-order valence-electron chi connectivity index (χ0n) is 13.1. The van der Waals surface area contributed by atoms with Gasteiger partial charge in [-0.15, -0.1) is 0 Å². The molecule has 4 nitrogen and oxygen atoms in total. The summed E-state index contributed by atoms with van der Waals surface area (Å²) in [5, 5.41) is 4.87. The summed E-state index contributed by atoms with van der Waals surface area (Å²) >= 11 is 0. The number of aromatic nitrogens is 1. The highest BCUT2D eigenvalue weighted by molar-refractivity contribution is 5.83. The molecule has 2 aliphatic heterocycles. The van der Waals surface area contributed by atoms with Gasteiger partial charge in [0.25, 0.3) is 0 Å². The summed E-state index contributed by atoms with van der Waals surface area (Å²) in [5.41, 5.74) is 2.75. The van der Waals surface area contributed by atoms with E-state index in [0.29, 0.717) is 12.0 Å². The fraction of sp³-hybridized carbons (Fsp3) is 0.556. The van der Waals surface area contributed by atoms with Crippen molar-refractivity contribution < 1.29 is 4.74 Å². The number of aromatic amines is 1. The molecule has 2 aliphatic rings. The van der Waals surface area contributed by atoms with Gasteiger partial charge in [-0.2, -0.15) is 0 Å². The molecule has 0 aliphatic carbocycles. The van der Waals surface area contributed by atoms with Gasteiger partial charge in [0, 0.05) is 62.5 Å². The highest BCUT2D eigenvalue weighted by Gasteiger charge is 2.32. The summed E-state index contributed by atoms with van der Waals surface area (Å²) < 4.78 is 5.61. The molecule has 3 heterocycles. The minimum absolute atomic E-state index is 0.519. The Bertz CT molecular complexity index is 594. The quantitative estimate of drug-likeness (QED) is 0.915. The Morgan fingerprint density at radius 3 is 2.73 bits per heavy atom. The van der Waals surface area contributed by atoms with E-state index in [9.17, 15) is 0 Å². The van der Waals surface area contributed by atoms with E-state index in [1.165, 1.54) is 29.3 Å². The molecular formula is C18H25N3O. The Morgan fingerprint density at radius 2 is 1.91 bits per heavy atom. The van der Waals surface area contributed by atoms with Crippen LogP contribution in [0.25, 0.3) is 10.9 Å². The van der Waals surface area contributed by atoms with Gasteiger partial charge in [0.1, 0.15) is 0 Å². The number of hydrogen-bond acceptors (Lipinski definition) is 3. The maximum absolute atomic E-state index is 5.61. The van der Waals surface area contributed by atoms with Crippen molar-refractivity contribution >= 4 is 10.9 Å². The maximum Gasteiger partial charge on any atom is 0.0469 e. The molecule has 1 atom stereocenters. The third kappa shape index (κ3) is 2.67. The van der Waals surface area contributed by atoms with E-state index in [1.807, 2.05) is 0 Å². The lowest BCUT2D eigenvalue weighted by Crippen LogP contribution is -2.47. The summed E-state index contributed by atoms with van der Waals surface area (Å²) in [5.74, 6) is 0.701. The lowest BCUT2D eigenvalue weighted by molar-refractivity contribution is 0.0217. The van der Waals surface area contributed by atoms with Gasteiger partial charge in [0.15, 0.2) is 0 Å². The predicted molar refractivity (Wildman–Crippen MR) is 89.0 cm³/mol. The Labute approximate surface area is 131 Å². The molecule has 2 saturated heterocycles. The van der Waals surface area contributed by atoms with E-state index >= 15 is 0 Å². The third-order valence-corrected chi connectivity index (χ3v) is 5.20. The smallest absolute Gasteiger partial charge is 0.0469 e. The number of hydrogen-bond donors (Lipinski definition) is 2. The number of fused-ring (bicyclic) bond motifs is 1. The highest BCUT2D eigenvalue weighted by atomic mass is 16.5.